The van der Waals surface area contributed by atoms with Gasteiger partial charge in [0.25, 0.3) is 0 Å². The quantitative estimate of drug-likeness (QED) is 0.742. The zero-order valence-electron chi connectivity index (χ0n) is 13.4. The zero-order valence-corrected chi connectivity index (χ0v) is 13.4. The molecular formula is C16H29NO3. The van der Waals surface area contributed by atoms with Gasteiger partial charge in [0.1, 0.15) is 5.60 Å². The van der Waals surface area contributed by atoms with Crippen LogP contribution in [0, 0.1) is 5.41 Å². The minimum absolute atomic E-state index is 0.185. The highest BCUT2D eigenvalue weighted by molar-refractivity contribution is 5.68. The van der Waals surface area contributed by atoms with Crippen molar-refractivity contribution < 1.29 is 14.6 Å². The van der Waals surface area contributed by atoms with Gasteiger partial charge in [-0.25, -0.2) is 4.79 Å². The van der Waals surface area contributed by atoms with Crippen molar-refractivity contribution in [2.75, 3.05) is 13.1 Å². The van der Waals surface area contributed by atoms with Crippen molar-refractivity contribution in [3.05, 3.63) is 0 Å². The van der Waals surface area contributed by atoms with Crippen LogP contribution >= 0.6 is 0 Å². The van der Waals surface area contributed by atoms with Gasteiger partial charge in [-0.3, -0.25) is 0 Å². The van der Waals surface area contributed by atoms with Gasteiger partial charge in [-0.15, -0.1) is 0 Å². The average molecular weight is 283 g/mol. The third-order valence-electron chi connectivity index (χ3n) is 4.86. The molecule has 4 nitrogen and oxygen atoms in total. The van der Waals surface area contributed by atoms with Crippen LogP contribution in [0.5, 0.6) is 0 Å². The SMILES string of the molecule is CC1(O)CCC2(CCN(C(=O)OC(C)(C)C)CC2)CC1. The fourth-order valence-corrected chi connectivity index (χ4v) is 3.31. The standard InChI is InChI=1S/C16H29NO3/c1-14(2,3)20-13(18)17-11-9-16(10-12-17)7-5-15(4,19)6-8-16/h19H,5-12H2,1-4H3. The lowest BCUT2D eigenvalue weighted by molar-refractivity contribution is -0.0437. The smallest absolute Gasteiger partial charge is 0.410 e. The first-order chi connectivity index (χ1) is 9.11. The molecule has 1 amide bonds. The Labute approximate surface area is 122 Å². The minimum Gasteiger partial charge on any atom is -0.444 e. The van der Waals surface area contributed by atoms with E-state index < -0.39 is 11.2 Å². The van der Waals surface area contributed by atoms with E-state index in [1.807, 2.05) is 32.6 Å². The molecule has 116 valence electrons. The molecular weight excluding hydrogens is 254 g/mol. The maximum absolute atomic E-state index is 12.1. The van der Waals surface area contributed by atoms with Crippen LogP contribution in [-0.4, -0.2) is 40.4 Å². The minimum atomic E-state index is -0.479. The van der Waals surface area contributed by atoms with E-state index in [9.17, 15) is 9.90 Å². The Morgan fingerprint density at radius 1 is 1.05 bits per heavy atom. The van der Waals surface area contributed by atoms with Gasteiger partial charge in [0.05, 0.1) is 5.60 Å². The number of carbonyl (C=O) groups excluding carboxylic acids is 1. The van der Waals surface area contributed by atoms with Crippen LogP contribution < -0.4 is 0 Å². The molecule has 1 N–H and O–H groups in total. The van der Waals surface area contributed by atoms with E-state index in [0.29, 0.717) is 5.41 Å². The number of aliphatic hydroxyl groups is 1. The van der Waals surface area contributed by atoms with Crippen LogP contribution in [0.25, 0.3) is 0 Å². The van der Waals surface area contributed by atoms with Crippen LogP contribution in [0.3, 0.4) is 0 Å². The number of hydrogen-bond acceptors (Lipinski definition) is 3. The number of rotatable bonds is 0. The normalized spacial score (nSPS) is 25.6. The Morgan fingerprint density at radius 3 is 2.00 bits per heavy atom. The predicted molar refractivity (Wildman–Crippen MR) is 78.6 cm³/mol. The lowest BCUT2D eigenvalue weighted by Gasteiger charge is -2.47. The molecule has 1 heterocycles. The number of piperidine rings is 1. The lowest BCUT2D eigenvalue weighted by atomic mass is 9.64. The average Bonchev–Trinajstić information content (AvgIpc) is 2.32. The van der Waals surface area contributed by atoms with Crippen molar-refractivity contribution in [2.24, 2.45) is 5.41 Å². The van der Waals surface area contributed by atoms with Crippen molar-refractivity contribution in [1.82, 2.24) is 4.90 Å². The van der Waals surface area contributed by atoms with Crippen LogP contribution in [0.1, 0.15) is 66.2 Å². The van der Waals surface area contributed by atoms with Gasteiger partial charge in [-0.1, -0.05) is 0 Å². The molecule has 4 heteroatoms. The molecule has 20 heavy (non-hydrogen) atoms. The van der Waals surface area contributed by atoms with E-state index in [2.05, 4.69) is 0 Å². The summed E-state index contributed by atoms with van der Waals surface area (Å²) in [6.07, 6.45) is 5.85. The summed E-state index contributed by atoms with van der Waals surface area (Å²) in [5.74, 6) is 0. The fourth-order valence-electron chi connectivity index (χ4n) is 3.31. The van der Waals surface area contributed by atoms with Gasteiger partial charge in [-0.2, -0.15) is 0 Å². The summed E-state index contributed by atoms with van der Waals surface area (Å²) in [6.45, 7) is 9.22. The van der Waals surface area contributed by atoms with Gasteiger partial charge >= 0.3 is 6.09 Å². The summed E-state index contributed by atoms with van der Waals surface area (Å²) in [6, 6.07) is 0. The van der Waals surface area contributed by atoms with E-state index in [-0.39, 0.29) is 6.09 Å². The first-order valence-corrected chi connectivity index (χ1v) is 7.81. The summed E-state index contributed by atoms with van der Waals surface area (Å²) >= 11 is 0. The Balaban J connectivity index is 1.85. The van der Waals surface area contributed by atoms with Crippen LogP contribution in [0.4, 0.5) is 4.79 Å². The molecule has 1 spiro atoms. The number of hydrogen-bond donors (Lipinski definition) is 1. The Hall–Kier alpha value is -0.770. The van der Waals surface area contributed by atoms with Gasteiger partial charge < -0.3 is 14.7 Å². The molecule has 0 unspecified atom stereocenters. The van der Waals surface area contributed by atoms with Crippen LogP contribution in [0.2, 0.25) is 0 Å². The van der Waals surface area contributed by atoms with Gasteiger partial charge in [0.15, 0.2) is 0 Å². The topological polar surface area (TPSA) is 49.8 Å². The number of carbonyl (C=O) groups is 1. The van der Waals surface area contributed by atoms with Crippen molar-refractivity contribution in [2.45, 2.75) is 77.4 Å². The first-order valence-electron chi connectivity index (χ1n) is 7.81. The molecule has 0 radical (unpaired) electrons. The molecule has 0 aromatic carbocycles. The molecule has 1 aliphatic carbocycles. The number of likely N-dealkylation sites (tertiary alicyclic amines) is 1. The Bertz CT molecular complexity index is 350. The summed E-state index contributed by atoms with van der Waals surface area (Å²) < 4.78 is 5.43. The van der Waals surface area contributed by atoms with Crippen LogP contribution in [-0.2, 0) is 4.74 Å². The van der Waals surface area contributed by atoms with Gasteiger partial charge in [-0.05, 0) is 71.6 Å². The van der Waals surface area contributed by atoms with E-state index in [0.717, 1.165) is 51.6 Å². The van der Waals surface area contributed by atoms with E-state index >= 15 is 0 Å². The molecule has 0 atom stereocenters. The first kappa shape index (κ1) is 15.6. The predicted octanol–water partition coefficient (Wildman–Crippen LogP) is 3.33. The molecule has 0 bridgehead atoms. The van der Waals surface area contributed by atoms with Crippen molar-refractivity contribution in [3.8, 4) is 0 Å². The fraction of sp³-hybridized carbons (Fsp3) is 0.938. The highest BCUT2D eigenvalue weighted by Crippen LogP contribution is 2.47. The van der Waals surface area contributed by atoms with Crippen LogP contribution in [0.15, 0.2) is 0 Å². The number of amides is 1. The van der Waals surface area contributed by atoms with Gasteiger partial charge in [0, 0.05) is 13.1 Å². The third-order valence-corrected chi connectivity index (χ3v) is 4.86. The molecule has 2 fully saturated rings. The maximum Gasteiger partial charge on any atom is 0.410 e. The second-order valence-corrected chi connectivity index (χ2v) is 7.96. The number of nitrogens with zero attached hydrogens (tertiary/aromatic N) is 1. The second-order valence-electron chi connectivity index (χ2n) is 7.96. The molecule has 2 rings (SSSR count). The molecule has 1 saturated carbocycles. The Morgan fingerprint density at radius 2 is 1.55 bits per heavy atom. The van der Waals surface area contributed by atoms with Crippen molar-refractivity contribution in [3.63, 3.8) is 0 Å². The number of ether oxygens (including phenoxy) is 1. The van der Waals surface area contributed by atoms with Gasteiger partial charge in [0.2, 0.25) is 0 Å². The summed E-state index contributed by atoms with van der Waals surface area (Å²) in [5, 5.41) is 10.1. The molecule has 1 saturated heterocycles. The van der Waals surface area contributed by atoms with E-state index in [1.165, 1.54) is 0 Å². The third kappa shape index (κ3) is 3.87. The molecule has 0 aromatic rings. The summed E-state index contributed by atoms with van der Waals surface area (Å²) in [5.41, 5.74) is -0.552. The van der Waals surface area contributed by atoms with E-state index in [4.69, 9.17) is 4.74 Å². The summed E-state index contributed by atoms with van der Waals surface area (Å²) in [7, 11) is 0. The van der Waals surface area contributed by atoms with Crippen molar-refractivity contribution in [1.29, 1.82) is 0 Å². The largest absolute Gasteiger partial charge is 0.444 e. The molecule has 1 aliphatic heterocycles. The lowest BCUT2D eigenvalue weighted by Crippen LogP contribution is -2.47. The highest BCUT2D eigenvalue weighted by Gasteiger charge is 2.42. The maximum atomic E-state index is 12.1. The monoisotopic (exact) mass is 283 g/mol. The molecule has 2 aliphatic rings. The van der Waals surface area contributed by atoms with E-state index in [1.54, 1.807) is 0 Å². The zero-order chi connectivity index (χ0) is 15.0. The highest BCUT2D eigenvalue weighted by atomic mass is 16.6. The Kier molecular flexibility index (Phi) is 4.07. The van der Waals surface area contributed by atoms with Crippen molar-refractivity contribution >= 4 is 6.09 Å². The molecule has 0 aromatic heterocycles. The summed E-state index contributed by atoms with van der Waals surface area (Å²) in [4.78, 5) is 13.9. The second kappa shape index (κ2) is 5.21.